The molecular formula is C20H31NO4. The number of carbonyl (C=O) groups is 1. The van der Waals surface area contributed by atoms with Crippen LogP contribution >= 0.6 is 0 Å². The highest BCUT2D eigenvalue weighted by Gasteiger charge is 2.26. The van der Waals surface area contributed by atoms with Gasteiger partial charge in [-0.15, -0.1) is 0 Å². The van der Waals surface area contributed by atoms with Crippen LogP contribution in [0.25, 0.3) is 0 Å². The van der Waals surface area contributed by atoms with Gasteiger partial charge < -0.3 is 19.1 Å². The van der Waals surface area contributed by atoms with Crippen LogP contribution in [-0.2, 0) is 20.8 Å². The summed E-state index contributed by atoms with van der Waals surface area (Å²) in [5.41, 5.74) is 0.744. The summed E-state index contributed by atoms with van der Waals surface area (Å²) in [5, 5.41) is 0. The topological polar surface area (TPSA) is 48.0 Å². The first kappa shape index (κ1) is 19.7. The third-order valence-corrected chi connectivity index (χ3v) is 4.10. The Morgan fingerprint density at radius 2 is 1.72 bits per heavy atom. The molecule has 0 radical (unpaired) electrons. The molecule has 0 saturated carbocycles. The van der Waals surface area contributed by atoms with E-state index in [1.807, 2.05) is 39.0 Å². The van der Waals surface area contributed by atoms with E-state index >= 15 is 0 Å². The van der Waals surface area contributed by atoms with E-state index in [0.717, 1.165) is 32.5 Å². The second kappa shape index (κ2) is 9.78. The molecule has 1 aliphatic heterocycles. The van der Waals surface area contributed by atoms with Crippen LogP contribution in [0, 0.1) is 5.92 Å². The summed E-state index contributed by atoms with van der Waals surface area (Å²) < 4.78 is 16.8. The van der Waals surface area contributed by atoms with E-state index in [2.05, 4.69) is 12.1 Å². The van der Waals surface area contributed by atoms with E-state index in [1.54, 1.807) is 4.90 Å². The Labute approximate surface area is 151 Å². The highest BCUT2D eigenvalue weighted by molar-refractivity contribution is 5.68. The fraction of sp³-hybridized carbons (Fsp3) is 0.650. The highest BCUT2D eigenvalue weighted by Crippen LogP contribution is 2.19. The number of nitrogens with zero attached hydrogens (tertiary/aromatic N) is 1. The predicted molar refractivity (Wildman–Crippen MR) is 97.4 cm³/mol. The minimum Gasteiger partial charge on any atom is -0.444 e. The third-order valence-electron chi connectivity index (χ3n) is 4.10. The van der Waals surface area contributed by atoms with Gasteiger partial charge in [0.1, 0.15) is 5.60 Å². The maximum Gasteiger partial charge on any atom is 0.410 e. The van der Waals surface area contributed by atoms with Gasteiger partial charge in [0.05, 0.1) is 19.8 Å². The van der Waals surface area contributed by atoms with Crippen molar-refractivity contribution >= 4 is 6.09 Å². The Bertz CT molecular complexity index is 504. The summed E-state index contributed by atoms with van der Waals surface area (Å²) in [6.45, 7) is 9.74. The number of likely N-dealkylation sites (tertiary alicyclic amines) is 1. The molecule has 1 aromatic carbocycles. The lowest BCUT2D eigenvalue weighted by molar-refractivity contribution is 0.00252. The molecule has 0 aliphatic carbocycles. The normalized spacial score (nSPS) is 16.0. The molecular weight excluding hydrogens is 318 g/mol. The molecule has 0 bridgehead atoms. The first-order valence-electron chi connectivity index (χ1n) is 9.11. The number of carbonyl (C=O) groups excluding carboxylic acids is 1. The molecule has 0 N–H and O–H groups in total. The van der Waals surface area contributed by atoms with Crippen molar-refractivity contribution in [1.29, 1.82) is 0 Å². The molecule has 1 amide bonds. The van der Waals surface area contributed by atoms with E-state index in [4.69, 9.17) is 14.2 Å². The molecule has 1 fully saturated rings. The molecule has 5 nitrogen and oxygen atoms in total. The molecule has 25 heavy (non-hydrogen) atoms. The van der Waals surface area contributed by atoms with E-state index in [9.17, 15) is 4.79 Å². The molecule has 1 saturated heterocycles. The molecule has 1 aliphatic rings. The monoisotopic (exact) mass is 349 g/mol. The van der Waals surface area contributed by atoms with Crippen molar-refractivity contribution in [2.75, 3.05) is 32.9 Å². The molecule has 0 unspecified atom stereocenters. The van der Waals surface area contributed by atoms with Gasteiger partial charge in [-0.05, 0) is 45.1 Å². The molecule has 1 heterocycles. The zero-order valence-electron chi connectivity index (χ0n) is 15.7. The smallest absolute Gasteiger partial charge is 0.410 e. The van der Waals surface area contributed by atoms with Gasteiger partial charge in [-0.1, -0.05) is 30.3 Å². The largest absolute Gasteiger partial charge is 0.444 e. The lowest BCUT2D eigenvalue weighted by atomic mass is 9.98. The van der Waals surface area contributed by atoms with Gasteiger partial charge in [-0.2, -0.15) is 0 Å². The number of hydrogen-bond acceptors (Lipinski definition) is 4. The van der Waals surface area contributed by atoms with Crippen molar-refractivity contribution in [3.63, 3.8) is 0 Å². The lowest BCUT2D eigenvalue weighted by Crippen LogP contribution is -2.42. The Kier molecular flexibility index (Phi) is 7.72. The Morgan fingerprint density at radius 1 is 1.08 bits per heavy atom. The molecule has 0 atom stereocenters. The zero-order valence-corrected chi connectivity index (χ0v) is 15.7. The maximum atomic E-state index is 12.0. The molecule has 2 rings (SSSR count). The number of benzene rings is 1. The van der Waals surface area contributed by atoms with Gasteiger partial charge in [-0.3, -0.25) is 0 Å². The molecule has 0 spiro atoms. The zero-order chi connectivity index (χ0) is 18.1. The minimum absolute atomic E-state index is 0.207. The van der Waals surface area contributed by atoms with Crippen molar-refractivity contribution in [3.05, 3.63) is 35.9 Å². The van der Waals surface area contributed by atoms with Crippen molar-refractivity contribution in [2.45, 2.75) is 45.8 Å². The van der Waals surface area contributed by atoms with Gasteiger partial charge >= 0.3 is 6.09 Å². The predicted octanol–water partition coefficient (Wildman–Crippen LogP) is 3.87. The minimum atomic E-state index is -0.434. The van der Waals surface area contributed by atoms with Crippen LogP contribution < -0.4 is 0 Å². The van der Waals surface area contributed by atoms with Crippen molar-refractivity contribution in [2.24, 2.45) is 5.92 Å². The number of rotatable bonds is 7. The van der Waals surface area contributed by atoms with Crippen molar-refractivity contribution in [3.8, 4) is 0 Å². The Morgan fingerprint density at radius 3 is 2.36 bits per heavy atom. The van der Waals surface area contributed by atoms with Crippen LogP contribution in [-0.4, -0.2) is 49.5 Å². The standard InChI is InChI=1S/C20H31NO4/c1-20(2,3)25-19(22)21-11-9-18(10-12-21)16-24-14-13-23-15-17-7-5-4-6-8-17/h4-8,18H,9-16H2,1-3H3. The Hall–Kier alpha value is -1.59. The summed E-state index contributed by atoms with van der Waals surface area (Å²) in [6, 6.07) is 10.1. The summed E-state index contributed by atoms with van der Waals surface area (Å²) in [5.74, 6) is 0.507. The van der Waals surface area contributed by atoms with E-state index in [-0.39, 0.29) is 6.09 Å². The fourth-order valence-electron chi connectivity index (χ4n) is 2.74. The summed E-state index contributed by atoms with van der Waals surface area (Å²) in [4.78, 5) is 13.8. The number of piperidine rings is 1. The molecule has 1 aromatic rings. The van der Waals surface area contributed by atoms with Crippen LogP contribution in [0.4, 0.5) is 4.79 Å². The van der Waals surface area contributed by atoms with Gasteiger partial charge in [0.15, 0.2) is 0 Å². The fourth-order valence-corrected chi connectivity index (χ4v) is 2.74. The molecule has 5 heteroatoms. The van der Waals surface area contributed by atoms with Gasteiger partial charge in [0.25, 0.3) is 0 Å². The maximum absolute atomic E-state index is 12.0. The van der Waals surface area contributed by atoms with Gasteiger partial charge in [0, 0.05) is 19.7 Å². The van der Waals surface area contributed by atoms with E-state index in [1.165, 1.54) is 5.56 Å². The Balaban J connectivity index is 1.51. The number of amides is 1. The van der Waals surface area contributed by atoms with Gasteiger partial charge in [0.2, 0.25) is 0 Å². The number of ether oxygens (including phenoxy) is 3. The second-order valence-electron chi connectivity index (χ2n) is 7.52. The van der Waals surface area contributed by atoms with Crippen LogP contribution in [0.3, 0.4) is 0 Å². The van der Waals surface area contributed by atoms with Crippen LogP contribution in [0.15, 0.2) is 30.3 Å². The van der Waals surface area contributed by atoms with Gasteiger partial charge in [-0.25, -0.2) is 4.79 Å². The molecule has 0 aromatic heterocycles. The first-order chi connectivity index (χ1) is 11.9. The van der Waals surface area contributed by atoms with E-state index in [0.29, 0.717) is 25.7 Å². The lowest BCUT2D eigenvalue weighted by Gasteiger charge is -2.33. The summed E-state index contributed by atoms with van der Waals surface area (Å²) in [7, 11) is 0. The number of hydrogen-bond donors (Lipinski definition) is 0. The van der Waals surface area contributed by atoms with Crippen LogP contribution in [0.2, 0.25) is 0 Å². The van der Waals surface area contributed by atoms with Crippen molar-refractivity contribution in [1.82, 2.24) is 4.90 Å². The van der Waals surface area contributed by atoms with E-state index < -0.39 is 5.60 Å². The first-order valence-corrected chi connectivity index (χ1v) is 9.11. The molecule has 140 valence electrons. The second-order valence-corrected chi connectivity index (χ2v) is 7.52. The average Bonchev–Trinajstić information content (AvgIpc) is 2.58. The quantitative estimate of drug-likeness (QED) is 0.701. The van der Waals surface area contributed by atoms with Crippen LogP contribution in [0.5, 0.6) is 0 Å². The van der Waals surface area contributed by atoms with Crippen LogP contribution in [0.1, 0.15) is 39.2 Å². The third kappa shape index (κ3) is 7.88. The highest BCUT2D eigenvalue weighted by atomic mass is 16.6. The summed E-state index contributed by atoms with van der Waals surface area (Å²) in [6.07, 6.45) is 1.72. The van der Waals surface area contributed by atoms with Crippen molar-refractivity contribution < 1.29 is 19.0 Å². The SMILES string of the molecule is CC(C)(C)OC(=O)N1CCC(COCCOCc2ccccc2)CC1. The summed E-state index contributed by atoms with van der Waals surface area (Å²) >= 11 is 0. The average molecular weight is 349 g/mol.